The Labute approximate surface area is 162 Å². The molecule has 7 nitrogen and oxygen atoms in total. The van der Waals surface area contributed by atoms with Gasteiger partial charge in [-0.05, 0) is 55.0 Å². The van der Waals surface area contributed by atoms with Crippen LogP contribution in [-0.4, -0.2) is 37.7 Å². The monoisotopic (exact) mass is 383 g/mol. The zero-order chi connectivity index (χ0) is 20.4. The molecule has 3 rings (SSSR count). The van der Waals surface area contributed by atoms with Gasteiger partial charge in [-0.15, -0.1) is 0 Å². The van der Waals surface area contributed by atoms with Crippen molar-refractivity contribution in [2.45, 2.75) is 19.4 Å². The fourth-order valence-corrected chi connectivity index (χ4v) is 2.96. The SMILES string of the molecule is Cc1cc(N(C)C)ccc1NC(=O)C1=NN(c2ccc(F)cc2)[C@@H](C(N)=O)C1. The molecule has 0 aromatic heterocycles. The Hall–Kier alpha value is -3.42. The van der Waals surface area contributed by atoms with Gasteiger partial charge in [0.15, 0.2) is 0 Å². The van der Waals surface area contributed by atoms with Crippen molar-refractivity contribution < 1.29 is 14.0 Å². The van der Waals surface area contributed by atoms with Crippen LogP contribution in [0.1, 0.15) is 12.0 Å². The van der Waals surface area contributed by atoms with Gasteiger partial charge in [-0.25, -0.2) is 4.39 Å². The lowest BCUT2D eigenvalue weighted by molar-refractivity contribution is -0.119. The summed E-state index contributed by atoms with van der Waals surface area (Å²) in [5.74, 6) is -1.42. The van der Waals surface area contributed by atoms with Gasteiger partial charge in [0.2, 0.25) is 5.91 Å². The number of anilines is 3. The van der Waals surface area contributed by atoms with Crippen LogP contribution < -0.4 is 21.0 Å². The number of nitrogens with two attached hydrogens (primary N) is 1. The maximum absolute atomic E-state index is 13.2. The van der Waals surface area contributed by atoms with Gasteiger partial charge in [0, 0.05) is 31.9 Å². The van der Waals surface area contributed by atoms with Crippen LogP contribution in [0.15, 0.2) is 47.6 Å². The van der Waals surface area contributed by atoms with Crippen molar-refractivity contribution in [1.29, 1.82) is 0 Å². The average Bonchev–Trinajstić information content (AvgIpc) is 3.09. The van der Waals surface area contributed by atoms with Crippen molar-refractivity contribution in [2.75, 3.05) is 29.3 Å². The van der Waals surface area contributed by atoms with Gasteiger partial charge in [0.05, 0.1) is 5.69 Å². The van der Waals surface area contributed by atoms with E-state index in [1.807, 2.05) is 44.1 Å². The molecule has 1 aliphatic rings. The predicted octanol–water partition coefficient (Wildman–Crippen LogP) is 2.26. The first kappa shape index (κ1) is 19.3. The molecule has 2 aromatic carbocycles. The fraction of sp³-hybridized carbons (Fsp3) is 0.250. The van der Waals surface area contributed by atoms with Crippen LogP contribution in [-0.2, 0) is 9.59 Å². The largest absolute Gasteiger partial charge is 0.378 e. The standard InChI is InChI=1S/C20H22FN5O2/c1-12-10-15(25(2)3)8-9-16(12)23-20(28)17-11-18(19(22)27)26(24-17)14-6-4-13(21)5-7-14/h4-10,18H,11H2,1-3H3,(H2,22,27)(H,23,28)/t18-/m1/s1. The third-order valence-electron chi connectivity index (χ3n) is 4.57. The second kappa shape index (κ2) is 7.67. The molecule has 28 heavy (non-hydrogen) atoms. The van der Waals surface area contributed by atoms with E-state index in [9.17, 15) is 14.0 Å². The smallest absolute Gasteiger partial charge is 0.271 e. The van der Waals surface area contributed by atoms with Crippen molar-refractivity contribution >= 4 is 34.6 Å². The Balaban J connectivity index is 1.82. The molecule has 146 valence electrons. The van der Waals surface area contributed by atoms with E-state index in [0.717, 1.165) is 11.3 Å². The highest BCUT2D eigenvalue weighted by Crippen LogP contribution is 2.26. The summed E-state index contributed by atoms with van der Waals surface area (Å²) in [6.07, 6.45) is 0.0768. The number of halogens is 1. The van der Waals surface area contributed by atoms with Gasteiger partial charge in [0.25, 0.3) is 5.91 Å². The molecule has 0 saturated heterocycles. The van der Waals surface area contributed by atoms with Crippen molar-refractivity contribution in [1.82, 2.24) is 0 Å². The normalized spacial score (nSPS) is 15.9. The summed E-state index contributed by atoms with van der Waals surface area (Å²) in [6.45, 7) is 1.90. The lowest BCUT2D eigenvalue weighted by Gasteiger charge is -2.20. The third-order valence-corrected chi connectivity index (χ3v) is 4.57. The number of hydrogen-bond acceptors (Lipinski definition) is 5. The van der Waals surface area contributed by atoms with E-state index in [-0.39, 0.29) is 12.1 Å². The molecule has 0 aliphatic carbocycles. The van der Waals surface area contributed by atoms with E-state index in [1.165, 1.54) is 29.3 Å². The van der Waals surface area contributed by atoms with E-state index in [4.69, 9.17) is 5.73 Å². The summed E-state index contributed by atoms with van der Waals surface area (Å²) >= 11 is 0. The molecule has 8 heteroatoms. The summed E-state index contributed by atoms with van der Waals surface area (Å²) in [4.78, 5) is 26.5. The molecule has 2 aromatic rings. The minimum Gasteiger partial charge on any atom is -0.378 e. The van der Waals surface area contributed by atoms with E-state index in [1.54, 1.807) is 0 Å². The molecule has 0 bridgehead atoms. The Kier molecular flexibility index (Phi) is 5.30. The van der Waals surface area contributed by atoms with Crippen LogP contribution in [0.25, 0.3) is 0 Å². The van der Waals surface area contributed by atoms with Gasteiger partial charge >= 0.3 is 0 Å². The number of nitrogens with one attached hydrogen (secondary N) is 1. The highest BCUT2D eigenvalue weighted by Gasteiger charge is 2.35. The topological polar surface area (TPSA) is 91.0 Å². The summed E-state index contributed by atoms with van der Waals surface area (Å²) in [5, 5.41) is 8.46. The zero-order valence-electron chi connectivity index (χ0n) is 15.9. The summed E-state index contributed by atoms with van der Waals surface area (Å²) in [6, 6.07) is 10.4. The summed E-state index contributed by atoms with van der Waals surface area (Å²) in [5.41, 5.74) is 8.73. The second-order valence-corrected chi connectivity index (χ2v) is 6.84. The number of rotatable bonds is 5. The van der Waals surface area contributed by atoms with Gasteiger partial charge in [0.1, 0.15) is 17.6 Å². The number of carbonyl (C=O) groups is 2. The Morgan fingerprint density at radius 2 is 1.89 bits per heavy atom. The number of carbonyl (C=O) groups excluding carboxylic acids is 2. The number of amides is 2. The van der Waals surface area contributed by atoms with E-state index in [0.29, 0.717) is 11.4 Å². The predicted molar refractivity (Wildman–Crippen MR) is 108 cm³/mol. The Morgan fingerprint density at radius 3 is 2.46 bits per heavy atom. The molecule has 0 fully saturated rings. The van der Waals surface area contributed by atoms with Gasteiger partial charge in [-0.3, -0.25) is 14.6 Å². The number of hydrogen-bond donors (Lipinski definition) is 2. The van der Waals surface area contributed by atoms with E-state index >= 15 is 0 Å². The van der Waals surface area contributed by atoms with Crippen LogP contribution in [0.4, 0.5) is 21.5 Å². The number of hydrazone groups is 1. The quantitative estimate of drug-likeness (QED) is 0.829. The molecule has 0 unspecified atom stereocenters. The Bertz CT molecular complexity index is 940. The Morgan fingerprint density at radius 1 is 1.21 bits per heavy atom. The van der Waals surface area contributed by atoms with Gasteiger partial charge in [-0.2, -0.15) is 5.10 Å². The molecule has 3 N–H and O–H groups in total. The molecule has 0 saturated carbocycles. The lowest BCUT2D eigenvalue weighted by Crippen LogP contribution is -2.39. The van der Waals surface area contributed by atoms with Crippen LogP contribution in [0.3, 0.4) is 0 Å². The summed E-state index contributed by atoms with van der Waals surface area (Å²) < 4.78 is 13.2. The second-order valence-electron chi connectivity index (χ2n) is 6.84. The maximum atomic E-state index is 13.2. The van der Waals surface area contributed by atoms with E-state index in [2.05, 4.69) is 10.4 Å². The lowest BCUT2D eigenvalue weighted by atomic mass is 10.1. The first-order valence-corrected chi connectivity index (χ1v) is 8.77. The first-order valence-electron chi connectivity index (χ1n) is 8.77. The zero-order valence-corrected chi connectivity index (χ0v) is 15.9. The molecule has 0 spiro atoms. The first-order chi connectivity index (χ1) is 13.3. The van der Waals surface area contributed by atoms with Gasteiger partial charge < -0.3 is 16.0 Å². The van der Waals surface area contributed by atoms with Crippen molar-refractivity contribution in [3.05, 3.63) is 53.8 Å². The minimum atomic E-state index is -0.802. The molecule has 0 radical (unpaired) electrons. The molecular weight excluding hydrogens is 361 g/mol. The highest BCUT2D eigenvalue weighted by molar-refractivity contribution is 6.44. The maximum Gasteiger partial charge on any atom is 0.271 e. The summed E-state index contributed by atoms with van der Waals surface area (Å²) in [7, 11) is 3.88. The number of benzene rings is 2. The van der Waals surface area contributed by atoms with Crippen LogP contribution in [0.2, 0.25) is 0 Å². The molecular formula is C20H22FN5O2. The third kappa shape index (κ3) is 3.95. The molecule has 1 heterocycles. The number of primary amides is 1. The van der Waals surface area contributed by atoms with Crippen molar-refractivity contribution in [3.63, 3.8) is 0 Å². The van der Waals surface area contributed by atoms with Crippen LogP contribution >= 0.6 is 0 Å². The highest BCUT2D eigenvalue weighted by atomic mass is 19.1. The molecule has 1 aliphatic heterocycles. The van der Waals surface area contributed by atoms with E-state index < -0.39 is 23.7 Å². The average molecular weight is 383 g/mol. The minimum absolute atomic E-state index is 0.0768. The number of nitrogens with zero attached hydrogens (tertiary/aromatic N) is 3. The van der Waals surface area contributed by atoms with Crippen molar-refractivity contribution in [3.8, 4) is 0 Å². The van der Waals surface area contributed by atoms with Crippen LogP contribution in [0.5, 0.6) is 0 Å². The molecule has 2 amide bonds. The van der Waals surface area contributed by atoms with Crippen molar-refractivity contribution in [2.24, 2.45) is 10.8 Å². The van der Waals surface area contributed by atoms with Crippen LogP contribution in [0, 0.1) is 12.7 Å². The molecule has 1 atom stereocenters. The van der Waals surface area contributed by atoms with Gasteiger partial charge in [-0.1, -0.05) is 0 Å². The fourth-order valence-electron chi connectivity index (χ4n) is 2.96. The number of aryl methyl sites for hydroxylation is 1.